The van der Waals surface area contributed by atoms with Gasteiger partial charge in [-0.1, -0.05) is 26.0 Å². The normalized spacial score (nSPS) is 14.3. The van der Waals surface area contributed by atoms with Crippen molar-refractivity contribution in [2.24, 2.45) is 0 Å². The molecule has 0 saturated heterocycles. The number of nitrogens with two attached hydrogens (primary N) is 1. The first-order chi connectivity index (χ1) is 13.1. The van der Waals surface area contributed by atoms with E-state index >= 15 is 0 Å². The van der Waals surface area contributed by atoms with Gasteiger partial charge in [-0.3, -0.25) is 9.69 Å². The molecule has 3 heterocycles. The summed E-state index contributed by atoms with van der Waals surface area (Å²) in [6, 6.07) is 10.0. The Labute approximate surface area is 163 Å². The molecule has 0 spiro atoms. The van der Waals surface area contributed by atoms with Gasteiger partial charge in [0.2, 0.25) is 0 Å². The predicted octanol–water partition coefficient (Wildman–Crippen LogP) is 4.07. The van der Waals surface area contributed by atoms with E-state index in [0.29, 0.717) is 10.6 Å². The zero-order valence-corrected chi connectivity index (χ0v) is 16.5. The number of benzene rings is 1. The molecule has 3 N–H and O–H groups in total. The number of hydrogen-bond acceptors (Lipinski definition) is 5. The van der Waals surface area contributed by atoms with Crippen LogP contribution in [0.2, 0.25) is 0 Å². The molecule has 2 aromatic heterocycles. The van der Waals surface area contributed by atoms with Crippen molar-refractivity contribution in [2.45, 2.75) is 33.2 Å². The Hall–Kier alpha value is -2.44. The highest BCUT2D eigenvalue weighted by Gasteiger charge is 2.22. The van der Waals surface area contributed by atoms with E-state index in [9.17, 15) is 4.79 Å². The van der Waals surface area contributed by atoms with Crippen molar-refractivity contribution in [3.05, 3.63) is 52.0 Å². The van der Waals surface area contributed by atoms with Gasteiger partial charge >= 0.3 is 0 Å². The van der Waals surface area contributed by atoms with Gasteiger partial charge in [-0.15, -0.1) is 11.3 Å². The van der Waals surface area contributed by atoms with Gasteiger partial charge in [0.15, 0.2) is 0 Å². The first kappa shape index (κ1) is 17.9. The molecule has 0 atom stereocenters. The molecule has 1 aliphatic heterocycles. The standard InChI is InChI=1S/C21H24N4OS/c1-3-13-5-7-15(8-6-13)23-20(26)19-18(22)16-11-14-12-25(4-2)10-9-17(14)24-21(16)27-19/h5-8,11H,3-4,9-10,12,22H2,1-2H3,(H,23,26). The Morgan fingerprint density at radius 2 is 2.07 bits per heavy atom. The maximum Gasteiger partial charge on any atom is 0.267 e. The molecule has 0 saturated carbocycles. The third-order valence-corrected chi connectivity index (χ3v) is 6.34. The molecule has 5 nitrogen and oxygen atoms in total. The van der Waals surface area contributed by atoms with Crippen molar-refractivity contribution >= 4 is 38.8 Å². The molecule has 0 radical (unpaired) electrons. The van der Waals surface area contributed by atoms with Crippen LogP contribution in [0, 0.1) is 0 Å². The van der Waals surface area contributed by atoms with Crippen molar-refractivity contribution in [3.8, 4) is 0 Å². The molecule has 1 amide bonds. The lowest BCUT2D eigenvalue weighted by atomic mass is 10.0. The van der Waals surface area contributed by atoms with Crippen LogP contribution in [-0.4, -0.2) is 28.9 Å². The minimum Gasteiger partial charge on any atom is -0.397 e. The Bertz CT molecular complexity index is 994. The van der Waals surface area contributed by atoms with Gasteiger partial charge in [-0.2, -0.15) is 0 Å². The van der Waals surface area contributed by atoms with E-state index in [1.54, 1.807) is 0 Å². The zero-order valence-electron chi connectivity index (χ0n) is 15.7. The van der Waals surface area contributed by atoms with Gasteiger partial charge in [-0.05, 0) is 42.3 Å². The second-order valence-corrected chi connectivity index (χ2v) is 7.91. The van der Waals surface area contributed by atoms with Crippen molar-refractivity contribution in [1.82, 2.24) is 9.88 Å². The second kappa shape index (κ2) is 7.29. The minimum atomic E-state index is -0.173. The number of rotatable bonds is 4. The molecule has 1 aromatic carbocycles. The van der Waals surface area contributed by atoms with Crippen LogP contribution >= 0.6 is 11.3 Å². The number of anilines is 2. The van der Waals surface area contributed by atoms with Crippen LogP contribution in [0.1, 0.15) is 40.3 Å². The fourth-order valence-electron chi connectivity index (χ4n) is 3.51. The maximum absolute atomic E-state index is 12.8. The summed E-state index contributed by atoms with van der Waals surface area (Å²) in [5.41, 5.74) is 11.2. The number of likely N-dealkylation sites (N-methyl/N-ethyl adjacent to an activating group) is 1. The van der Waals surface area contributed by atoms with Gasteiger partial charge in [0.1, 0.15) is 9.71 Å². The minimum absolute atomic E-state index is 0.173. The van der Waals surface area contributed by atoms with Crippen LogP contribution in [0.3, 0.4) is 0 Å². The van der Waals surface area contributed by atoms with E-state index in [1.165, 1.54) is 22.5 Å². The number of aryl methyl sites for hydroxylation is 1. The molecule has 0 bridgehead atoms. The monoisotopic (exact) mass is 380 g/mol. The topological polar surface area (TPSA) is 71.2 Å². The molecule has 0 unspecified atom stereocenters. The summed E-state index contributed by atoms with van der Waals surface area (Å²) in [5, 5.41) is 3.84. The number of thiophene rings is 1. The summed E-state index contributed by atoms with van der Waals surface area (Å²) in [7, 11) is 0. The Kier molecular flexibility index (Phi) is 4.85. The Balaban J connectivity index is 1.63. The lowest BCUT2D eigenvalue weighted by molar-refractivity contribution is 0.103. The van der Waals surface area contributed by atoms with Crippen molar-refractivity contribution in [2.75, 3.05) is 24.1 Å². The first-order valence-corrected chi connectivity index (χ1v) is 10.2. The van der Waals surface area contributed by atoms with E-state index in [0.717, 1.165) is 54.1 Å². The van der Waals surface area contributed by atoms with Crippen molar-refractivity contribution < 1.29 is 4.79 Å². The van der Waals surface area contributed by atoms with Crippen LogP contribution in [0.15, 0.2) is 30.3 Å². The van der Waals surface area contributed by atoms with Gasteiger partial charge in [0.25, 0.3) is 5.91 Å². The lowest BCUT2D eigenvalue weighted by Gasteiger charge is -2.26. The molecular formula is C21H24N4OS. The van der Waals surface area contributed by atoms with Crippen LogP contribution in [0.4, 0.5) is 11.4 Å². The number of carbonyl (C=O) groups excluding carboxylic acids is 1. The number of fused-ring (bicyclic) bond motifs is 2. The quantitative estimate of drug-likeness (QED) is 0.716. The SMILES string of the molecule is CCc1ccc(NC(=O)c2sc3nc4c(cc3c2N)CN(CC)CC4)cc1. The zero-order chi connectivity index (χ0) is 19.0. The average Bonchev–Trinajstić information content (AvgIpc) is 3.02. The van der Waals surface area contributed by atoms with E-state index in [-0.39, 0.29) is 5.91 Å². The van der Waals surface area contributed by atoms with Crippen LogP contribution in [-0.2, 0) is 19.4 Å². The number of nitrogen functional groups attached to an aromatic ring is 1. The summed E-state index contributed by atoms with van der Waals surface area (Å²) < 4.78 is 0. The molecule has 3 aromatic rings. The first-order valence-electron chi connectivity index (χ1n) is 9.42. The summed E-state index contributed by atoms with van der Waals surface area (Å²) >= 11 is 1.38. The Morgan fingerprint density at radius 3 is 2.78 bits per heavy atom. The lowest BCUT2D eigenvalue weighted by Crippen LogP contribution is -2.30. The third-order valence-electron chi connectivity index (χ3n) is 5.22. The van der Waals surface area contributed by atoms with Crippen LogP contribution in [0.5, 0.6) is 0 Å². The third kappa shape index (κ3) is 3.42. The van der Waals surface area contributed by atoms with E-state index in [4.69, 9.17) is 10.7 Å². The number of hydrogen-bond donors (Lipinski definition) is 2. The molecule has 4 rings (SSSR count). The van der Waals surface area contributed by atoms with Crippen LogP contribution < -0.4 is 11.1 Å². The van der Waals surface area contributed by atoms with Gasteiger partial charge < -0.3 is 11.1 Å². The highest BCUT2D eigenvalue weighted by Crippen LogP contribution is 2.35. The van der Waals surface area contributed by atoms with Crippen LogP contribution in [0.25, 0.3) is 10.2 Å². The summed E-state index contributed by atoms with van der Waals surface area (Å²) in [6.07, 6.45) is 1.92. The number of nitrogens with one attached hydrogen (secondary N) is 1. The predicted molar refractivity (Wildman–Crippen MR) is 112 cm³/mol. The number of nitrogens with zero attached hydrogens (tertiary/aromatic N) is 2. The molecule has 6 heteroatoms. The largest absolute Gasteiger partial charge is 0.397 e. The molecule has 140 valence electrons. The van der Waals surface area contributed by atoms with E-state index in [1.807, 2.05) is 24.3 Å². The number of carbonyl (C=O) groups is 1. The molecule has 0 fully saturated rings. The number of pyridine rings is 1. The molecule has 27 heavy (non-hydrogen) atoms. The van der Waals surface area contributed by atoms with E-state index in [2.05, 4.69) is 30.1 Å². The van der Waals surface area contributed by atoms with Gasteiger partial charge in [-0.25, -0.2) is 4.98 Å². The fraction of sp³-hybridized carbons (Fsp3) is 0.333. The summed E-state index contributed by atoms with van der Waals surface area (Å²) in [5.74, 6) is -0.173. The fourth-order valence-corrected chi connectivity index (χ4v) is 4.50. The van der Waals surface area contributed by atoms with E-state index < -0.39 is 0 Å². The smallest absolute Gasteiger partial charge is 0.267 e. The molecular weight excluding hydrogens is 356 g/mol. The number of aromatic nitrogens is 1. The van der Waals surface area contributed by atoms with Crippen molar-refractivity contribution in [3.63, 3.8) is 0 Å². The molecule has 1 aliphatic rings. The highest BCUT2D eigenvalue weighted by atomic mass is 32.1. The van der Waals surface area contributed by atoms with Crippen molar-refractivity contribution in [1.29, 1.82) is 0 Å². The second-order valence-electron chi connectivity index (χ2n) is 6.92. The average molecular weight is 381 g/mol. The summed E-state index contributed by atoms with van der Waals surface area (Å²) in [4.78, 5) is 21.4. The van der Waals surface area contributed by atoms with Gasteiger partial charge in [0.05, 0.1) is 5.69 Å². The number of amides is 1. The maximum atomic E-state index is 12.8. The molecule has 0 aliphatic carbocycles. The Morgan fingerprint density at radius 1 is 1.30 bits per heavy atom. The summed E-state index contributed by atoms with van der Waals surface area (Å²) in [6.45, 7) is 7.24. The van der Waals surface area contributed by atoms with Gasteiger partial charge in [0, 0.05) is 36.3 Å². The highest BCUT2D eigenvalue weighted by molar-refractivity contribution is 7.21.